The predicted octanol–water partition coefficient (Wildman–Crippen LogP) is 3.81. The van der Waals surface area contributed by atoms with Crippen LogP contribution in [0.4, 0.5) is 4.39 Å². The molecule has 0 atom stereocenters. The zero-order valence-electron chi connectivity index (χ0n) is 16.7. The fraction of sp³-hybridized carbons (Fsp3) is 0.0435. The quantitative estimate of drug-likeness (QED) is 0.345. The fourth-order valence-corrected chi connectivity index (χ4v) is 3.95. The summed E-state index contributed by atoms with van der Waals surface area (Å²) >= 11 is 0. The number of aromatic nitrogens is 4. The zero-order valence-corrected chi connectivity index (χ0v) is 17.6. The maximum Gasteiger partial charge on any atom is 0.201 e. The van der Waals surface area contributed by atoms with Crippen molar-refractivity contribution in [3.63, 3.8) is 0 Å². The van der Waals surface area contributed by atoms with Crippen molar-refractivity contribution in [2.75, 3.05) is 0 Å². The summed E-state index contributed by atoms with van der Waals surface area (Å²) in [6.45, 7) is 0.253. The third-order valence-electron chi connectivity index (χ3n) is 5.24. The SMILES string of the molecule is O=[SH](=O)NCc1ccc(-c2cnc3ccc(-c4c[nH]nc4-c4ccc(F)cc4)cn23)cc1. The summed E-state index contributed by atoms with van der Waals surface area (Å²) in [5.74, 6) is -0.293. The third-order valence-corrected chi connectivity index (χ3v) is 5.65. The van der Waals surface area contributed by atoms with Crippen molar-refractivity contribution >= 4 is 16.5 Å². The molecular formula is C23H18FN5O2S. The molecule has 0 aliphatic rings. The Bertz CT molecular complexity index is 1460. The van der Waals surface area contributed by atoms with Gasteiger partial charge in [0.2, 0.25) is 10.9 Å². The highest BCUT2D eigenvalue weighted by Crippen LogP contribution is 2.31. The van der Waals surface area contributed by atoms with Crippen molar-refractivity contribution in [3.05, 3.63) is 90.6 Å². The summed E-state index contributed by atoms with van der Waals surface area (Å²) in [7, 11) is -2.63. The molecule has 5 aromatic rings. The number of nitrogens with one attached hydrogen (secondary N) is 2. The summed E-state index contributed by atoms with van der Waals surface area (Å²) in [5.41, 5.74) is 6.90. The molecule has 0 unspecified atom stereocenters. The molecule has 0 aliphatic carbocycles. The van der Waals surface area contributed by atoms with E-state index in [4.69, 9.17) is 0 Å². The lowest BCUT2D eigenvalue weighted by atomic mass is 10.0. The Kier molecular flexibility index (Phi) is 5.26. The van der Waals surface area contributed by atoms with Crippen molar-refractivity contribution in [1.29, 1.82) is 0 Å². The van der Waals surface area contributed by atoms with E-state index >= 15 is 0 Å². The summed E-state index contributed by atoms with van der Waals surface area (Å²) in [4.78, 5) is 4.50. The standard InChI is InChI=1S/C23H18FN5O2S/c24-19-8-5-17(6-9-19)23-20(12-26-28-23)18-7-10-22-25-13-21(29(22)14-18)16-3-1-15(2-4-16)11-27-32(30)31/h1-10,12-14,32H,11H2,(H,26,28)(H,27,30,31). The molecule has 3 heterocycles. The first-order valence-corrected chi connectivity index (χ1v) is 11.0. The highest BCUT2D eigenvalue weighted by Gasteiger charge is 2.13. The highest BCUT2D eigenvalue weighted by molar-refractivity contribution is 7.70. The topological polar surface area (TPSA) is 92.1 Å². The van der Waals surface area contributed by atoms with Gasteiger partial charge >= 0.3 is 0 Å². The number of nitrogens with zero attached hydrogens (tertiary/aromatic N) is 3. The Morgan fingerprint density at radius 2 is 1.66 bits per heavy atom. The molecule has 2 N–H and O–H groups in total. The van der Waals surface area contributed by atoms with Crippen molar-refractivity contribution < 1.29 is 12.8 Å². The van der Waals surface area contributed by atoms with Crippen LogP contribution in [0.15, 0.2) is 79.3 Å². The first-order chi connectivity index (χ1) is 15.6. The molecule has 5 rings (SSSR count). The lowest BCUT2D eigenvalue weighted by Gasteiger charge is -2.07. The number of hydrogen-bond donors (Lipinski definition) is 3. The monoisotopic (exact) mass is 447 g/mol. The maximum atomic E-state index is 13.3. The van der Waals surface area contributed by atoms with Crippen molar-refractivity contribution in [3.8, 4) is 33.6 Å². The number of aromatic amines is 1. The number of halogens is 1. The molecule has 0 bridgehead atoms. The van der Waals surface area contributed by atoms with E-state index < -0.39 is 10.9 Å². The van der Waals surface area contributed by atoms with E-state index in [9.17, 15) is 12.8 Å². The zero-order chi connectivity index (χ0) is 22.1. The van der Waals surface area contributed by atoms with Crippen molar-refractivity contribution in [2.24, 2.45) is 0 Å². The minimum atomic E-state index is -2.63. The van der Waals surface area contributed by atoms with E-state index in [1.54, 1.807) is 18.3 Å². The second-order valence-electron chi connectivity index (χ2n) is 7.23. The molecule has 7 nitrogen and oxygen atoms in total. The number of H-pyrrole nitrogens is 1. The Morgan fingerprint density at radius 3 is 2.41 bits per heavy atom. The van der Waals surface area contributed by atoms with Gasteiger partial charge in [0.05, 0.1) is 17.6 Å². The number of thiol groups is 1. The molecule has 0 fully saturated rings. The van der Waals surface area contributed by atoms with Crippen LogP contribution >= 0.6 is 0 Å². The Balaban J connectivity index is 1.52. The summed E-state index contributed by atoms with van der Waals surface area (Å²) in [6.07, 6.45) is 5.61. The summed E-state index contributed by atoms with van der Waals surface area (Å²) in [6, 6.07) is 17.8. The van der Waals surface area contributed by atoms with Gasteiger partial charge in [-0.2, -0.15) is 5.10 Å². The molecule has 0 amide bonds. The van der Waals surface area contributed by atoms with Crippen LogP contribution in [-0.2, 0) is 17.4 Å². The third kappa shape index (κ3) is 3.91. The van der Waals surface area contributed by atoms with Gasteiger partial charge in [0.1, 0.15) is 11.5 Å². The summed E-state index contributed by atoms with van der Waals surface area (Å²) < 4.78 is 39.2. The Hall–Kier alpha value is -3.82. The largest absolute Gasteiger partial charge is 0.299 e. The van der Waals surface area contributed by atoms with Gasteiger partial charge < -0.3 is 0 Å². The second kappa shape index (κ2) is 8.37. The lowest BCUT2D eigenvalue weighted by Crippen LogP contribution is -2.09. The number of pyridine rings is 1. The van der Waals surface area contributed by atoms with Crippen LogP contribution in [0.3, 0.4) is 0 Å². The number of fused-ring (bicyclic) bond motifs is 1. The molecule has 2 aromatic carbocycles. The van der Waals surface area contributed by atoms with Crippen LogP contribution in [0.2, 0.25) is 0 Å². The average molecular weight is 447 g/mol. The minimum absolute atomic E-state index is 0.253. The van der Waals surface area contributed by atoms with Gasteiger partial charge in [-0.25, -0.2) is 22.5 Å². The van der Waals surface area contributed by atoms with Gasteiger partial charge in [-0.1, -0.05) is 24.3 Å². The first-order valence-electron chi connectivity index (χ1n) is 9.83. The van der Waals surface area contributed by atoms with Crippen LogP contribution in [0.1, 0.15) is 5.56 Å². The van der Waals surface area contributed by atoms with E-state index in [0.717, 1.165) is 44.9 Å². The van der Waals surface area contributed by atoms with Gasteiger partial charge in [-0.3, -0.25) is 9.50 Å². The number of hydrogen-bond acceptors (Lipinski definition) is 4. The molecule has 0 saturated heterocycles. The molecule has 3 aromatic heterocycles. The smallest absolute Gasteiger partial charge is 0.201 e. The number of benzene rings is 2. The molecule has 32 heavy (non-hydrogen) atoms. The predicted molar refractivity (Wildman–Crippen MR) is 121 cm³/mol. The van der Waals surface area contributed by atoms with Gasteiger partial charge in [-0.15, -0.1) is 0 Å². The van der Waals surface area contributed by atoms with Gasteiger partial charge in [-0.05, 0) is 42.0 Å². The molecule has 0 radical (unpaired) electrons. The molecular weight excluding hydrogens is 429 g/mol. The number of rotatable bonds is 6. The fourth-order valence-electron chi connectivity index (χ4n) is 3.64. The Labute approximate surface area is 184 Å². The van der Waals surface area contributed by atoms with Crippen molar-refractivity contribution in [1.82, 2.24) is 24.3 Å². The van der Waals surface area contributed by atoms with Crippen LogP contribution in [-0.4, -0.2) is 28.0 Å². The molecule has 0 saturated carbocycles. The minimum Gasteiger partial charge on any atom is -0.299 e. The van der Waals surface area contributed by atoms with E-state index in [1.165, 1.54) is 12.1 Å². The van der Waals surface area contributed by atoms with Crippen LogP contribution < -0.4 is 4.72 Å². The van der Waals surface area contributed by atoms with Crippen LogP contribution in [0, 0.1) is 5.82 Å². The Morgan fingerprint density at radius 1 is 0.938 bits per heavy atom. The second-order valence-corrected chi connectivity index (χ2v) is 8.06. The highest BCUT2D eigenvalue weighted by atomic mass is 32.2. The van der Waals surface area contributed by atoms with E-state index in [2.05, 4.69) is 19.9 Å². The normalized spacial score (nSPS) is 11.4. The van der Waals surface area contributed by atoms with Gasteiger partial charge in [0.25, 0.3) is 0 Å². The maximum absolute atomic E-state index is 13.3. The average Bonchev–Trinajstić information content (AvgIpc) is 3.45. The van der Waals surface area contributed by atoms with Crippen molar-refractivity contribution in [2.45, 2.75) is 6.54 Å². The van der Waals surface area contributed by atoms with E-state index in [1.807, 2.05) is 53.2 Å². The van der Waals surface area contributed by atoms with E-state index in [-0.39, 0.29) is 12.4 Å². The molecule has 9 heteroatoms. The van der Waals surface area contributed by atoms with Crippen LogP contribution in [0.5, 0.6) is 0 Å². The molecule has 160 valence electrons. The summed E-state index contributed by atoms with van der Waals surface area (Å²) in [5, 5.41) is 7.27. The van der Waals surface area contributed by atoms with Crippen LogP contribution in [0.25, 0.3) is 39.3 Å². The van der Waals surface area contributed by atoms with Gasteiger partial charge in [0.15, 0.2) is 0 Å². The first kappa shape index (κ1) is 20.1. The lowest BCUT2D eigenvalue weighted by molar-refractivity contribution is 0.601. The molecule has 0 aliphatic heterocycles. The van der Waals surface area contributed by atoms with Gasteiger partial charge in [0, 0.05) is 41.2 Å². The molecule has 0 spiro atoms. The van der Waals surface area contributed by atoms with E-state index in [0.29, 0.717) is 0 Å². The number of imidazole rings is 1.